The Kier molecular flexibility index (Phi) is 5.64. The molecule has 0 bridgehead atoms. The molecule has 3 atom stereocenters. The third-order valence-corrected chi connectivity index (χ3v) is 5.97. The van der Waals surface area contributed by atoms with Crippen LogP contribution in [0.4, 0.5) is 11.5 Å². The predicted molar refractivity (Wildman–Crippen MR) is 112 cm³/mol. The number of carbonyl (C=O) groups excluding carboxylic acids is 2. The first-order valence-corrected chi connectivity index (χ1v) is 10.4. The zero-order valence-corrected chi connectivity index (χ0v) is 17.1. The van der Waals surface area contributed by atoms with Crippen LogP contribution in [0.2, 0.25) is 5.02 Å². The molecule has 0 spiro atoms. The van der Waals surface area contributed by atoms with E-state index < -0.39 is 5.91 Å². The van der Waals surface area contributed by atoms with Gasteiger partial charge >= 0.3 is 0 Å². The average Bonchev–Trinajstić information content (AvgIpc) is 3.45. The van der Waals surface area contributed by atoms with Crippen LogP contribution >= 0.6 is 11.6 Å². The van der Waals surface area contributed by atoms with Crippen LogP contribution in [0.25, 0.3) is 0 Å². The first-order valence-electron chi connectivity index (χ1n) is 10.1. The highest BCUT2D eigenvalue weighted by Crippen LogP contribution is 2.38. The number of amides is 2. The number of primary amides is 1. The van der Waals surface area contributed by atoms with Gasteiger partial charge in [-0.1, -0.05) is 11.6 Å². The number of rotatable bonds is 6. The maximum absolute atomic E-state index is 12.4. The molecular formula is C21H23ClN6O2. The molecule has 8 nitrogen and oxygen atoms in total. The van der Waals surface area contributed by atoms with E-state index in [1.165, 1.54) is 0 Å². The number of halogens is 1. The minimum Gasteiger partial charge on any atom is -0.365 e. The molecule has 2 aromatic rings. The molecule has 2 saturated carbocycles. The fourth-order valence-electron chi connectivity index (χ4n) is 3.90. The summed E-state index contributed by atoms with van der Waals surface area (Å²) in [5.74, 6) is -0.777. The summed E-state index contributed by atoms with van der Waals surface area (Å²) in [5, 5.41) is 21.0. The summed E-state index contributed by atoms with van der Waals surface area (Å²) in [4.78, 5) is 24.4. The Morgan fingerprint density at radius 2 is 1.93 bits per heavy atom. The van der Waals surface area contributed by atoms with E-state index in [1.54, 1.807) is 35.1 Å². The summed E-state index contributed by atoms with van der Waals surface area (Å²) < 4.78 is 1.64. The molecule has 2 aliphatic carbocycles. The first-order chi connectivity index (χ1) is 14.4. The largest absolute Gasteiger partial charge is 0.365 e. The second-order valence-electron chi connectivity index (χ2n) is 7.96. The lowest BCUT2D eigenvalue weighted by molar-refractivity contribution is -0.126. The van der Waals surface area contributed by atoms with Crippen LogP contribution in [0.3, 0.4) is 0 Å². The van der Waals surface area contributed by atoms with Crippen molar-refractivity contribution in [1.29, 1.82) is 5.26 Å². The molecule has 2 fully saturated rings. The summed E-state index contributed by atoms with van der Waals surface area (Å²) in [6, 6.07) is 9.41. The van der Waals surface area contributed by atoms with Crippen LogP contribution in [0.15, 0.2) is 30.5 Å². The fraction of sp³-hybridized carbons (Fsp3) is 0.429. The Morgan fingerprint density at radius 1 is 1.20 bits per heavy atom. The average molecular weight is 427 g/mol. The molecule has 1 heterocycles. The number of nitrogens with zero attached hydrogens (tertiary/aromatic N) is 3. The summed E-state index contributed by atoms with van der Waals surface area (Å²) in [7, 11) is 0. The van der Waals surface area contributed by atoms with Gasteiger partial charge in [-0.25, -0.2) is 0 Å². The number of benzene rings is 1. The molecule has 9 heteroatoms. The topological polar surface area (TPSA) is 126 Å². The van der Waals surface area contributed by atoms with Crippen LogP contribution in [-0.2, 0) is 4.79 Å². The highest BCUT2D eigenvalue weighted by Gasteiger charge is 2.37. The van der Waals surface area contributed by atoms with Gasteiger partial charge < -0.3 is 16.4 Å². The van der Waals surface area contributed by atoms with Gasteiger partial charge in [-0.15, -0.1) is 0 Å². The van der Waals surface area contributed by atoms with Crippen molar-refractivity contribution < 1.29 is 9.59 Å². The van der Waals surface area contributed by atoms with Crippen molar-refractivity contribution in [3.63, 3.8) is 0 Å². The Balaban J connectivity index is 1.52. The highest BCUT2D eigenvalue weighted by atomic mass is 35.5. The quantitative estimate of drug-likeness (QED) is 0.654. The Labute approximate surface area is 179 Å². The lowest BCUT2D eigenvalue weighted by atomic mass is 9.78. The van der Waals surface area contributed by atoms with Gasteiger partial charge in [0.05, 0.1) is 18.0 Å². The fourth-order valence-corrected chi connectivity index (χ4v) is 4.02. The van der Waals surface area contributed by atoms with E-state index in [0.29, 0.717) is 41.8 Å². The molecule has 0 aliphatic heterocycles. The van der Waals surface area contributed by atoms with Gasteiger partial charge in [0.2, 0.25) is 5.91 Å². The van der Waals surface area contributed by atoms with Crippen LogP contribution in [0, 0.1) is 23.2 Å². The SMILES string of the molecule is N#C[C@@H]1C[C@H](C(=O)NC2CC2)CC[C@H]1n1cc(C(N)=O)c(Nc2ccc(Cl)cc2)n1. The molecule has 0 radical (unpaired) electrons. The van der Waals surface area contributed by atoms with Crippen molar-refractivity contribution in [2.24, 2.45) is 17.6 Å². The lowest BCUT2D eigenvalue weighted by Gasteiger charge is -2.32. The molecule has 30 heavy (non-hydrogen) atoms. The van der Waals surface area contributed by atoms with Crippen LogP contribution in [0.5, 0.6) is 0 Å². The first kappa shape index (κ1) is 20.2. The second-order valence-corrected chi connectivity index (χ2v) is 8.40. The van der Waals surface area contributed by atoms with Crippen molar-refractivity contribution >= 4 is 34.9 Å². The lowest BCUT2D eigenvalue weighted by Crippen LogP contribution is -2.37. The van der Waals surface area contributed by atoms with Crippen LogP contribution in [-0.4, -0.2) is 27.6 Å². The van der Waals surface area contributed by atoms with E-state index in [1.807, 2.05) is 0 Å². The Bertz CT molecular complexity index is 992. The number of nitrogens with one attached hydrogen (secondary N) is 2. The number of anilines is 2. The van der Waals surface area contributed by atoms with Gasteiger partial charge in [0.25, 0.3) is 5.91 Å². The zero-order valence-electron chi connectivity index (χ0n) is 16.3. The number of carbonyl (C=O) groups is 2. The van der Waals surface area contributed by atoms with Crippen molar-refractivity contribution in [3.05, 3.63) is 41.0 Å². The highest BCUT2D eigenvalue weighted by molar-refractivity contribution is 6.30. The molecule has 1 aromatic heterocycles. The van der Waals surface area contributed by atoms with E-state index in [-0.39, 0.29) is 29.3 Å². The van der Waals surface area contributed by atoms with Crippen molar-refractivity contribution in [2.75, 3.05) is 5.32 Å². The second kappa shape index (κ2) is 8.36. The monoisotopic (exact) mass is 426 g/mol. The minimum atomic E-state index is -0.608. The van der Waals surface area contributed by atoms with Gasteiger partial charge in [0.1, 0.15) is 5.56 Å². The number of hydrogen-bond donors (Lipinski definition) is 3. The molecule has 0 unspecified atom stereocenters. The smallest absolute Gasteiger partial charge is 0.254 e. The van der Waals surface area contributed by atoms with Crippen LogP contribution in [0.1, 0.15) is 48.5 Å². The summed E-state index contributed by atoms with van der Waals surface area (Å²) >= 11 is 5.92. The predicted octanol–water partition coefficient (Wildman–Crippen LogP) is 3.14. The maximum atomic E-state index is 12.4. The van der Waals surface area contributed by atoms with E-state index in [9.17, 15) is 14.9 Å². The third-order valence-electron chi connectivity index (χ3n) is 5.72. The Morgan fingerprint density at radius 3 is 2.57 bits per heavy atom. The van der Waals surface area contributed by atoms with Crippen molar-refractivity contribution in [1.82, 2.24) is 15.1 Å². The number of nitriles is 1. The summed E-state index contributed by atoms with van der Waals surface area (Å²) in [5.41, 5.74) is 6.50. The molecule has 4 N–H and O–H groups in total. The van der Waals surface area contributed by atoms with E-state index in [4.69, 9.17) is 17.3 Å². The molecule has 2 amide bonds. The van der Waals surface area contributed by atoms with Crippen molar-refractivity contribution in [2.45, 2.75) is 44.2 Å². The number of hydrogen-bond acceptors (Lipinski definition) is 5. The van der Waals surface area contributed by atoms with Gasteiger partial charge in [0, 0.05) is 28.9 Å². The molecule has 156 valence electrons. The van der Waals surface area contributed by atoms with Gasteiger partial charge in [0.15, 0.2) is 5.82 Å². The Hall–Kier alpha value is -3.05. The third kappa shape index (κ3) is 4.41. The van der Waals surface area contributed by atoms with Gasteiger partial charge in [-0.3, -0.25) is 14.3 Å². The van der Waals surface area contributed by atoms with E-state index in [0.717, 1.165) is 12.8 Å². The van der Waals surface area contributed by atoms with Gasteiger partial charge in [-0.2, -0.15) is 10.4 Å². The maximum Gasteiger partial charge on any atom is 0.254 e. The number of nitrogens with two attached hydrogens (primary N) is 1. The number of aromatic nitrogens is 2. The normalized spacial score (nSPS) is 23.4. The molecule has 0 saturated heterocycles. The van der Waals surface area contributed by atoms with Gasteiger partial charge in [-0.05, 0) is 56.4 Å². The van der Waals surface area contributed by atoms with Crippen LogP contribution < -0.4 is 16.4 Å². The standard InChI is InChI=1S/C21H23ClN6O2/c22-14-2-4-15(5-3-14)25-20-17(19(24)29)11-28(27-20)18-8-1-12(9-13(18)10-23)21(30)26-16-6-7-16/h2-5,11-13,16,18H,1,6-9H2,(H2,24,29)(H,25,27)(H,26,30)/t12-,13+,18-/m1/s1. The van der Waals surface area contributed by atoms with E-state index in [2.05, 4.69) is 21.8 Å². The van der Waals surface area contributed by atoms with E-state index >= 15 is 0 Å². The summed E-state index contributed by atoms with van der Waals surface area (Å²) in [6.45, 7) is 0. The zero-order chi connectivity index (χ0) is 21.3. The molecule has 4 rings (SSSR count). The molecule has 1 aromatic carbocycles. The minimum absolute atomic E-state index is 0.0413. The van der Waals surface area contributed by atoms with Crippen molar-refractivity contribution in [3.8, 4) is 6.07 Å². The summed E-state index contributed by atoms with van der Waals surface area (Å²) in [6.07, 6.45) is 5.44. The molecule has 2 aliphatic rings. The molecular weight excluding hydrogens is 404 g/mol.